The van der Waals surface area contributed by atoms with Crippen molar-refractivity contribution in [3.05, 3.63) is 59.9 Å². The molecule has 1 amide bonds. The first kappa shape index (κ1) is 22.9. The van der Waals surface area contributed by atoms with E-state index in [1.54, 1.807) is 24.5 Å². The van der Waals surface area contributed by atoms with Crippen molar-refractivity contribution >= 4 is 41.5 Å². The van der Waals surface area contributed by atoms with Gasteiger partial charge >= 0.3 is 0 Å². The number of unbranched alkanes of at least 4 members (excludes halogenated alkanes) is 1. The molecule has 0 bridgehead atoms. The number of benzene rings is 1. The fraction of sp³-hybridized carbons (Fsp3) is 0.350. The van der Waals surface area contributed by atoms with E-state index in [0.717, 1.165) is 24.9 Å². The molecule has 0 unspecified atom stereocenters. The zero-order valence-electron chi connectivity index (χ0n) is 15.9. The van der Waals surface area contributed by atoms with Crippen LogP contribution in [0.15, 0.2) is 53.8 Å². The Morgan fingerprint density at radius 1 is 1.15 bits per heavy atom. The molecule has 2 aromatic rings. The topological polar surface area (TPSA) is 78.4 Å². The second-order valence-electron chi connectivity index (χ2n) is 6.07. The Bertz CT molecular complexity index is 704. The number of carbonyl (C=O) groups is 1. The van der Waals surface area contributed by atoms with Gasteiger partial charge < -0.3 is 16.0 Å². The Morgan fingerprint density at radius 3 is 2.59 bits per heavy atom. The van der Waals surface area contributed by atoms with E-state index < -0.39 is 0 Å². The minimum atomic E-state index is -0.140. The summed E-state index contributed by atoms with van der Waals surface area (Å²) >= 11 is 0. The fourth-order valence-electron chi connectivity index (χ4n) is 2.23. The highest BCUT2D eigenvalue weighted by Crippen LogP contribution is 2.04. The van der Waals surface area contributed by atoms with Crippen molar-refractivity contribution in [3.63, 3.8) is 0 Å². The van der Waals surface area contributed by atoms with Crippen molar-refractivity contribution < 1.29 is 4.79 Å². The number of hydrogen-bond acceptors (Lipinski definition) is 3. The first-order valence-corrected chi connectivity index (χ1v) is 8.95. The number of carbonyl (C=O) groups excluding carboxylic acids is 1. The summed E-state index contributed by atoms with van der Waals surface area (Å²) in [6.07, 6.45) is 5.43. The van der Waals surface area contributed by atoms with Gasteiger partial charge in [0.1, 0.15) is 0 Å². The second kappa shape index (κ2) is 13.1. The molecule has 1 aromatic heterocycles. The number of rotatable bonds is 8. The van der Waals surface area contributed by atoms with E-state index in [0.29, 0.717) is 18.2 Å². The van der Waals surface area contributed by atoms with Crippen LogP contribution in [0.1, 0.15) is 30.9 Å². The highest BCUT2D eigenvalue weighted by molar-refractivity contribution is 14.0. The van der Waals surface area contributed by atoms with Crippen LogP contribution in [0.2, 0.25) is 0 Å². The standard InChI is InChI=1S/C20H27N5O.HI/c1-3-4-12-22-20(23-13-17-9-7-16(2)8-10-17)24-15-19(26)25-18-6-5-11-21-14-18;/h5-11,14H,3-4,12-13,15H2,1-2H3,(H,25,26)(H2,22,23,24);1H. The molecule has 0 fully saturated rings. The summed E-state index contributed by atoms with van der Waals surface area (Å²) in [7, 11) is 0. The molecular weight excluding hydrogens is 453 g/mol. The average molecular weight is 481 g/mol. The van der Waals surface area contributed by atoms with Gasteiger partial charge in [-0.2, -0.15) is 0 Å². The van der Waals surface area contributed by atoms with Crippen molar-refractivity contribution in [1.29, 1.82) is 0 Å². The third-order valence-electron chi connectivity index (χ3n) is 3.72. The molecule has 146 valence electrons. The molecular formula is C20H28IN5O. The lowest BCUT2D eigenvalue weighted by Gasteiger charge is -2.12. The minimum Gasteiger partial charge on any atom is -0.356 e. The van der Waals surface area contributed by atoms with Gasteiger partial charge in [0.05, 0.1) is 25.0 Å². The van der Waals surface area contributed by atoms with Gasteiger partial charge in [-0.3, -0.25) is 9.78 Å². The molecule has 0 saturated carbocycles. The molecule has 0 saturated heterocycles. The molecule has 2 rings (SSSR count). The lowest BCUT2D eigenvalue weighted by atomic mass is 10.1. The summed E-state index contributed by atoms with van der Waals surface area (Å²) < 4.78 is 0. The molecule has 1 aromatic carbocycles. The minimum absolute atomic E-state index is 0. The van der Waals surface area contributed by atoms with Gasteiger partial charge in [0.2, 0.25) is 5.91 Å². The van der Waals surface area contributed by atoms with E-state index in [2.05, 4.69) is 64.0 Å². The SMILES string of the molecule is CCCCNC(=NCc1ccc(C)cc1)NCC(=O)Nc1cccnc1.I. The summed E-state index contributed by atoms with van der Waals surface area (Å²) in [5.74, 6) is 0.499. The first-order valence-electron chi connectivity index (χ1n) is 8.95. The quantitative estimate of drug-likeness (QED) is 0.234. The molecule has 7 heteroatoms. The highest BCUT2D eigenvalue weighted by Gasteiger charge is 2.05. The number of guanidine groups is 1. The van der Waals surface area contributed by atoms with Gasteiger partial charge in [0, 0.05) is 12.7 Å². The molecule has 0 spiro atoms. The molecule has 0 aliphatic rings. The monoisotopic (exact) mass is 481 g/mol. The van der Waals surface area contributed by atoms with E-state index in [1.165, 1.54) is 5.56 Å². The third kappa shape index (κ3) is 9.37. The predicted molar refractivity (Wildman–Crippen MR) is 122 cm³/mol. The number of aryl methyl sites for hydroxylation is 1. The molecule has 1 heterocycles. The predicted octanol–water partition coefficient (Wildman–Crippen LogP) is 3.48. The second-order valence-corrected chi connectivity index (χ2v) is 6.07. The van der Waals surface area contributed by atoms with E-state index in [4.69, 9.17) is 0 Å². The smallest absolute Gasteiger partial charge is 0.243 e. The number of nitrogens with zero attached hydrogens (tertiary/aromatic N) is 2. The molecule has 0 atom stereocenters. The Kier molecular flexibility index (Phi) is 11.1. The third-order valence-corrected chi connectivity index (χ3v) is 3.72. The van der Waals surface area contributed by atoms with Crippen LogP contribution in [0.5, 0.6) is 0 Å². The summed E-state index contributed by atoms with van der Waals surface area (Å²) in [5.41, 5.74) is 3.03. The highest BCUT2D eigenvalue weighted by atomic mass is 127. The van der Waals surface area contributed by atoms with Gasteiger partial charge in [-0.25, -0.2) is 4.99 Å². The van der Waals surface area contributed by atoms with E-state index in [1.807, 2.05) is 0 Å². The largest absolute Gasteiger partial charge is 0.356 e. The first-order chi connectivity index (χ1) is 12.7. The van der Waals surface area contributed by atoms with Crippen molar-refractivity contribution in [2.75, 3.05) is 18.4 Å². The fourth-order valence-corrected chi connectivity index (χ4v) is 2.23. The van der Waals surface area contributed by atoms with Crippen molar-refractivity contribution in [1.82, 2.24) is 15.6 Å². The molecule has 0 aliphatic carbocycles. The number of nitrogens with one attached hydrogen (secondary N) is 3. The number of aliphatic imine (C=N–C) groups is 1. The summed E-state index contributed by atoms with van der Waals surface area (Å²) in [5, 5.41) is 9.15. The number of amides is 1. The van der Waals surface area contributed by atoms with Crippen LogP contribution in [-0.4, -0.2) is 29.9 Å². The van der Waals surface area contributed by atoms with Gasteiger partial charge in [-0.1, -0.05) is 43.2 Å². The van der Waals surface area contributed by atoms with Crippen LogP contribution in [-0.2, 0) is 11.3 Å². The Hall–Kier alpha value is -2.16. The van der Waals surface area contributed by atoms with Crippen LogP contribution in [0.3, 0.4) is 0 Å². The Morgan fingerprint density at radius 2 is 1.93 bits per heavy atom. The van der Waals surface area contributed by atoms with E-state index in [9.17, 15) is 4.79 Å². The van der Waals surface area contributed by atoms with Crippen LogP contribution >= 0.6 is 24.0 Å². The van der Waals surface area contributed by atoms with Crippen LogP contribution in [0, 0.1) is 6.92 Å². The lowest BCUT2D eigenvalue weighted by Crippen LogP contribution is -2.41. The number of anilines is 1. The number of halogens is 1. The zero-order valence-corrected chi connectivity index (χ0v) is 18.2. The Balaban J connectivity index is 0.00000364. The van der Waals surface area contributed by atoms with Crippen molar-refractivity contribution in [2.24, 2.45) is 4.99 Å². The van der Waals surface area contributed by atoms with Gasteiger partial charge in [-0.05, 0) is 31.0 Å². The molecule has 6 nitrogen and oxygen atoms in total. The maximum atomic E-state index is 12.1. The maximum Gasteiger partial charge on any atom is 0.243 e. The molecule has 3 N–H and O–H groups in total. The van der Waals surface area contributed by atoms with Crippen LogP contribution < -0.4 is 16.0 Å². The number of aromatic nitrogens is 1. The summed E-state index contributed by atoms with van der Waals surface area (Å²) in [6.45, 7) is 5.72. The van der Waals surface area contributed by atoms with E-state index >= 15 is 0 Å². The number of hydrogen-bond donors (Lipinski definition) is 3. The zero-order chi connectivity index (χ0) is 18.6. The summed E-state index contributed by atoms with van der Waals surface area (Å²) in [6, 6.07) is 11.9. The van der Waals surface area contributed by atoms with Crippen molar-refractivity contribution in [3.8, 4) is 0 Å². The molecule has 0 aliphatic heterocycles. The van der Waals surface area contributed by atoms with Crippen LogP contribution in [0.4, 0.5) is 5.69 Å². The van der Waals surface area contributed by atoms with Gasteiger partial charge in [0.15, 0.2) is 5.96 Å². The maximum absolute atomic E-state index is 12.1. The Labute approximate surface area is 178 Å². The van der Waals surface area contributed by atoms with Gasteiger partial charge in [-0.15, -0.1) is 24.0 Å². The number of pyridine rings is 1. The summed E-state index contributed by atoms with van der Waals surface area (Å²) in [4.78, 5) is 20.6. The lowest BCUT2D eigenvalue weighted by molar-refractivity contribution is -0.115. The van der Waals surface area contributed by atoms with Crippen molar-refractivity contribution in [2.45, 2.75) is 33.2 Å². The van der Waals surface area contributed by atoms with Gasteiger partial charge in [0.25, 0.3) is 0 Å². The van der Waals surface area contributed by atoms with E-state index in [-0.39, 0.29) is 36.4 Å². The van der Waals surface area contributed by atoms with Crippen LogP contribution in [0.25, 0.3) is 0 Å². The molecule has 0 radical (unpaired) electrons. The average Bonchev–Trinajstić information content (AvgIpc) is 2.66. The molecule has 27 heavy (non-hydrogen) atoms. The normalized spacial score (nSPS) is 10.7.